The number of rotatable bonds is 5. The number of carbonyl (C=O) groups excluding carboxylic acids is 1. The van der Waals surface area contributed by atoms with Gasteiger partial charge in [0.25, 0.3) is 0 Å². The van der Waals surface area contributed by atoms with Crippen LogP contribution in [0.15, 0.2) is 10.9 Å². The van der Waals surface area contributed by atoms with Crippen molar-refractivity contribution in [2.24, 2.45) is 0 Å². The van der Waals surface area contributed by atoms with Crippen LogP contribution in [0, 0.1) is 0 Å². The fourth-order valence-electron chi connectivity index (χ4n) is 2.04. The van der Waals surface area contributed by atoms with Gasteiger partial charge < -0.3 is 20.5 Å². The third-order valence-electron chi connectivity index (χ3n) is 3.26. The molecule has 0 spiro atoms. The van der Waals surface area contributed by atoms with E-state index in [4.69, 9.17) is 4.74 Å². The third-order valence-corrected chi connectivity index (χ3v) is 3.89. The summed E-state index contributed by atoms with van der Waals surface area (Å²) in [6, 6.07) is -0.468. The quantitative estimate of drug-likeness (QED) is 0.740. The van der Waals surface area contributed by atoms with E-state index in [0.29, 0.717) is 26.2 Å². The Bertz CT molecular complexity index is 457. The number of nitrogens with one attached hydrogen (secondary N) is 2. The molecule has 20 heavy (non-hydrogen) atoms. The van der Waals surface area contributed by atoms with E-state index in [1.54, 1.807) is 5.51 Å². The van der Waals surface area contributed by atoms with Crippen LogP contribution in [0.3, 0.4) is 0 Å². The number of urea groups is 1. The summed E-state index contributed by atoms with van der Waals surface area (Å²) in [5.74, 6) is -1.02. The molecule has 0 saturated carbocycles. The van der Waals surface area contributed by atoms with Gasteiger partial charge in [0.05, 0.1) is 11.2 Å². The Morgan fingerprint density at radius 1 is 1.45 bits per heavy atom. The average Bonchev–Trinajstić information content (AvgIpc) is 2.93. The largest absolute Gasteiger partial charge is 0.480 e. The van der Waals surface area contributed by atoms with E-state index in [-0.39, 0.29) is 12.8 Å². The minimum absolute atomic E-state index is 0.280. The van der Waals surface area contributed by atoms with Gasteiger partial charge in [0.15, 0.2) is 0 Å². The van der Waals surface area contributed by atoms with Crippen LogP contribution in [0.25, 0.3) is 0 Å². The molecule has 0 aliphatic carbocycles. The molecule has 8 heteroatoms. The Morgan fingerprint density at radius 3 is 2.80 bits per heavy atom. The van der Waals surface area contributed by atoms with E-state index in [1.807, 2.05) is 5.38 Å². The molecule has 1 aromatic rings. The van der Waals surface area contributed by atoms with Gasteiger partial charge in [-0.05, 0) is 0 Å². The van der Waals surface area contributed by atoms with Gasteiger partial charge in [0.2, 0.25) is 0 Å². The van der Waals surface area contributed by atoms with Crippen LogP contribution in [0.5, 0.6) is 0 Å². The summed E-state index contributed by atoms with van der Waals surface area (Å²) in [5.41, 5.74) is 1.43. The molecule has 1 aliphatic heterocycles. The van der Waals surface area contributed by atoms with Crippen LogP contribution in [-0.4, -0.2) is 47.4 Å². The summed E-state index contributed by atoms with van der Waals surface area (Å²) in [6.07, 6.45) is 1.18. The topological polar surface area (TPSA) is 101 Å². The van der Waals surface area contributed by atoms with E-state index in [1.165, 1.54) is 11.3 Å². The molecule has 1 aliphatic rings. The summed E-state index contributed by atoms with van der Waals surface area (Å²) < 4.78 is 5.14. The van der Waals surface area contributed by atoms with Crippen LogP contribution in [0.4, 0.5) is 4.79 Å². The van der Waals surface area contributed by atoms with Gasteiger partial charge in [-0.2, -0.15) is 0 Å². The molecule has 2 rings (SSSR count). The van der Waals surface area contributed by atoms with E-state index in [2.05, 4.69) is 15.6 Å². The monoisotopic (exact) mass is 299 g/mol. The summed E-state index contributed by atoms with van der Waals surface area (Å²) in [7, 11) is 0. The first-order valence-corrected chi connectivity index (χ1v) is 7.31. The lowest BCUT2D eigenvalue weighted by atomic mass is 9.90. The Kier molecular flexibility index (Phi) is 4.91. The lowest BCUT2D eigenvalue weighted by Gasteiger charge is -2.33. The zero-order valence-electron chi connectivity index (χ0n) is 10.9. The van der Waals surface area contributed by atoms with Crippen molar-refractivity contribution >= 4 is 23.3 Å². The maximum atomic E-state index is 11.8. The molecule has 1 saturated heterocycles. The predicted molar refractivity (Wildman–Crippen MR) is 72.8 cm³/mol. The van der Waals surface area contributed by atoms with Crippen LogP contribution >= 0.6 is 11.3 Å². The van der Waals surface area contributed by atoms with E-state index in [9.17, 15) is 14.7 Å². The zero-order valence-corrected chi connectivity index (χ0v) is 11.7. The number of aromatic nitrogens is 1. The summed E-state index contributed by atoms with van der Waals surface area (Å²) in [6.45, 7) is 1.10. The van der Waals surface area contributed by atoms with Gasteiger partial charge in [-0.15, -0.1) is 11.3 Å². The smallest absolute Gasteiger partial charge is 0.329 e. The number of amides is 2. The minimum Gasteiger partial charge on any atom is -0.480 e. The molecular formula is C12H17N3O4S. The van der Waals surface area contributed by atoms with Gasteiger partial charge in [-0.1, -0.05) is 0 Å². The molecule has 1 aromatic heterocycles. The van der Waals surface area contributed by atoms with Gasteiger partial charge in [0, 0.05) is 44.4 Å². The van der Waals surface area contributed by atoms with E-state index >= 15 is 0 Å². The second kappa shape index (κ2) is 6.67. The molecule has 2 amide bonds. The lowest BCUT2D eigenvalue weighted by Crippen LogP contribution is -2.59. The van der Waals surface area contributed by atoms with Crippen molar-refractivity contribution < 1.29 is 19.4 Å². The SMILES string of the molecule is O=C(NCCc1cscn1)NC1(C(=O)O)CCOCC1. The van der Waals surface area contributed by atoms with Gasteiger partial charge in [-0.3, -0.25) is 0 Å². The molecule has 0 atom stereocenters. The molecule has 0 radical (unpaired) electrons. The lowest BCUT2D eigenvalue weighted by molar-refractivity contribution is -0.148. The summed E-state index contributed by atoms with van der Waals surface area (Å²) in [4.78, 5) is 27.3. The molecular weight excluding hydrogens is 282 g/mol. The number of hydrogen-bond donors (Lipinski definition) is 3. The van der Waals surface area contributed by atoms with Crippen molar-refractivity contribution in [1.82, 2.24) is 15.6 Å². The molecule has 0 unspecified atom stereocenters. The van der Waals surface area contributed by atoms with Crippen molar-refractivity contribution in [3.8, 4) is 0 Å². The van der Waals surface area contributed by atoms with Crippen molar-refractivity contribution in [3.63, 3.8) is 0 Å². The van der Waals surface area contributed by atoms with Crippen LogP contribution in [0.2, 0.25) is 0 Å². The summed E-state index contributed by atoms with van der Waals surface area (Å²) >= 11 is 1.50. The second-order valence-electron chi connectivity index (χ2n) is 4.61. The number of nitrogens with zero attached hydrogens (tertiary/aromatic N) is 1. The number of carboxylic acids is 1. The van der Waals surface area contributed by atoms with E-state index in [0.717, 1.165) is 5.69 Å². The number of thiazole rings is 1. The molecule has 110 valence electrons. The Morgan fingerprint density at radius 2 is 2.20 bits per heavy atom. The number of hydrogen-bond acceptors (Lipinski definition) is 5. The first kappa shape index (κ1) is 14.7. The third kappa shape index (κ3) is 3.67. The number of aliphatic carboxylic acids is 1. The maximum absolute atomic E-state index is 11.8. The molecule has 2 heterocycles. The van der Waals surface area contributed by atoms with Gasteiger partial charge >= 0.3 is 12.0 Å². The first-order valence-electron chi connectivity index (χ1n) is 6.37. The highest BCUT2D eigenvalue weighted by Crippen LogP contribution is 2.20. The van der Waals surface area contributed by atoms with Crippen molar-refractivity contribution in [3.05, 3.63) is 16.6 Å². The zero-order chi connectivity index (χ0) is 14.4. The molecule has 0 aromatic carbocycles. The number of carbonyl (C=O) groups is 2. The Balaban J connectivity index is 1.81. The highest BCUT2D eigenvalue weighted by molar-refractivity contribution is 7.07. The Hall–Kier alpha value is -1.67. The normalized spacial score (nSPS) is 17.4. The van der Waals surface area contributed by atoms with Gasteiger partial charge in [0.1, 0.15) is 5.54 Å². The molecule has 1 fully saturated rings. The van der Waals surface area contributed by atoms with Crippen LogP contribution in [0.1, 0.15) is 18.5 Å². The number of carboxylic acid groups (broad SMARTS) is 1. The van der Waals surface area contributed by atoms with Crippen molar-refractivity contribution in [2.45, 2.75) is 24.8 Å². The first-order chi connectivity index (χ1) is 9.62. The maximum Gasteiger partial charge on any atom is 0.329 e. The second-order valence-corrected chi connectivity index (χ2v) is 5.33. The van der Waals surface area contributed by atoms with Crippen molar-refractivity contribution in [1.29, 1.82) is 0 Å². The van der Waals surface area contributed by atoms with Crippen LogP contribution < -0.4 is 10.6 Å². The predicted octanol–water partition coefficient (Wildman–Crippen LogP) is 0.619. The van der Waals surface area contributed by atoms with Crippen molar-refractivity contribution in [2.75, 3.05) is 19.8 Å². The van der Waals surface area contributed by atoms with Gasteiger partial charge in [-0.25, -0.2) is 14.6 Å². The molecule has 0 bridgehead atoms. The number of ether oxygens (including phenoxy) is 1. The molecule has 7 nitrogen and oxygen atoms in total. The van der Waals surface area contributed by atoms with Crippen LogP contribution in [-0.2, 0) is 16.0 Å². The highest BCUT2D eigenvalue weighted by Gasteiger charge is 2.41. The minimum atomic E-state index is -1.22. The molecule has 3 N–H and O–H groups in total. The summed E-state index contributed by atoms with van der Waals surface area (Å²) in [5, 5.41) is 16.4. The van der Waals surface area contributed by atoms with E-state index < -0.39 is 17.5 Å². The highest BCUT2D eigenvalue weighted by atomic mass is 32.1. The fourth-order valence-corrected chi connectivity index (χ4v) is 2.63. The Labute approximate surface area is 120 Å². The fraction of sp³-hybridized carbons (Fsp3) is 0.583. The average molecular weight is 299 g/mol. The standard InChI is InChI=1S/C12H17N3O4S/c16-10(17)12(2-5-19-6-3-12)15-11(18)13-4-1-9-7-20-8-14-9/h7-8H,1-6H2,(H,16,17)(H2,13,15,18).